The molecule has 2 N–H and O–H groups in total. The molecular formula is C25H27ClF2N4O5. The first-order chi connectivity index (χ1) is 17.8. The summed E-state index contributed by atoms with van der Waals surface area (Å²) in [5.41, 5.74) is 0.753. The number of morpholine rings is 1. The topological polar surface area (TPSA) is 113 Å². The van der Waals surface area contributed by atoms with Gasteiger partial charge in [-0.3, -0.25) is 29.8 Å². The van der Waals surface area contributed by atoms with Gasteiger partial charge >= 0.3 is 11.9 Å². The molecule has 4 unspecified atom stereocenters. The Kier molecular flexibility index (Phi) is 8.80. The molecule has 2 aliphatic rings. The van der Waals surface area contributed by atoms with Crippen molar-refractivity contribution < 1.29 is 33.0 Å². The minimum atomic E-state index is -1.00. The number of esters is 1. The van der Waals surface area contributed by atoms with Crippen molar-refractivity contribution in [1.29, 1.82) is 0 Å². The summed E-state index contributed by atoms with van der Waals surface area (Å²) in [5.74, 6) is -3.74. The number of aliphatic carboxylic acids is 1. The van der Waals surface area contributed by atoms with E-state index in [4.69, 9.17) is 21.1 Å². The van der Waals surface area contributed by atoms with E-state index in [1.807, 2.05) is 4.90 Å². The van der Waals surface area contributed by atoms with Crippen LogP contribution in [-0.4, -0.2) is 71.6 Å². The van der Waals surface area contributed by atoms with Gasteiger partial charge in [0, 0.05) is 36.1 Å². The highest BCUT2D eigenvalue weighted by atomic mass is 35.5. The SMILES string of the molecule is CCOC(=O)C1C(CN2CCOCC2CC(=O)O)=NC(c2ncccc2F)NC1c1ccc(F)cc1Cl. The van der Waals surface area contributed by atoms with E-state index in [0.29, 0.717) is 24.4 Å². The lowest BCUT2D eigenvalue weighted by atomic mass is 9.86. The highest BCUT2D eigenvalue weighted by molar-refractivity contribution is 6.31. The number of carboxylic acid groups (broad SMARTS) is 1. The van der Waals surface area contributed by atoms with Crippen LogP contribution in [0.1, 0.15) is 36.8 Å². The molecule has 1 fully saturated rings. The van der Waals surface area contributed by atoms with E-state index in [2.05, 4.69) is 15.3 Å². The Balaban J connectivity index is 1.80. The molecule has 12 heteroatoms. The number of hydrogen-bond acceptors (Lipinski definition) is 8. The molecule has 2 aliphatic heterocycles. The van der Waals surface area contributed by atoms with E-state index in [9.17, 15) is 23.5 Å². The molecule has 3 heterocycles. The van der Waals surface area contributed by atoms with Gasteiger partial charge in [0.1, 0.15) is 29.4 Å². The van der Waals surface area contributed by atoms with Gasteiger partial charge in [0.25, 0.3) is 0 Å². The fraction of sp³-hybridized carbons (Fsp3) is 0.440. The number of nitrogens with one attached hydrogen (secondary N) is 1. The van der Waals surface area contributed by atoms with Crippen LogP contribution in [0.3, 0.4) is 0 Å². The lowest BCUT2D eigenvalue weighted by Crippen LogP contribution is -2.53. The zero-order valence-corrected chi connectivity index (χ0v) is 20.8. The Hall–Kier alpha value is -2.99. The van der Waals surface area contributed by atoms with Gasteiger partial charge in [-0.1, -0.05) is 17.7 Å². The fourth-order valence-electron chi connectivity index (χ4n) is 4.64. The second-order valence-electron chi connectivity index (χ2n) is 8.73. The quantitative estimate of drug-likeness (QED) is 0.495. The first kappa shape index (κ1) is 27.1. The van der Waals surface area contributed by atoms with Gasteiger partial charge in [-0.05, 0) is 36.8 Å². The second-order valence-corrected chi connectivity index (χ2v) is 9.14. The van der Waals surface area contributed by atoms with Crippen LogP contribution in [0.2, 0.25) is 5.02 Å². The van der Waals surface area contributed by atoms with Crippen molar-refractivity contribution in [1.82, 2.24) is 15.2 Å². The van der Waals surface area contributed by atoms with Crippen LogP contribution in [0.5, 0.6) is 0 Å². The average molecular weight is 537 g/mol. The summed E-state index contributed by atoms with van der Waals surface area (Å²) in [5, 5.41) is 12.6. The summed E-state index contributed by atoms with van der Waals surface area (Å²) < 4.78 is 39.5. The molecule has 1 aromatic heterocycles. The standard InChI is InChI=1S/C25H27ClF2N4O5/c1-2-37-25(35)21-19(12-32-8-9-36-13-15(32)11-20(33)34)30-24(23-18(28)4-3-7-29-23)31-22(21)16-6-5-14(27)10-17(16)26/h3-7,10,15,21-22,24,31H,2,8-9,11-13H2,1H3,(H,33,34). The number of aliphatic imine (C=N–C) groups is 1. The molecule has 1 aromatic carbocycles. The van der Waals surface area contributed by atoms with E-state index >= 15 is 0 Å². The normalized spacial score (nSPS) is 24.4. The number of rotatable bonds is 8. The highest BCUT2D eigenvalue weighted by Crippen LogP contribution is 2.37. The zero-order valence-electron chi connectivity index (χ0n) is 20.1. The summed E-state index contributed by atoms with van der Waals surface area (Å²) in [6.07, 6.45) is 0.269. The summed E-state index contributed by atoms with van der Waals surface area (Å²) in [6.45, 7) is 2.85. The molecule has 0 saturated carbocycles. The monoisotopic (exact) mass is 536 g/mol. The predicted octanol–water partition coefficient (Wildman–Crippen LogP) is 3.15. The highest BCUT2D eigenvalue weighted by Gasteiger charge is 2.43. The van der Waals surface area contributed by atoms with Gasteiger partial charge in [-0.2, -0.15) is 0 Å². The summed E-state index contributed by atoms with van der Waals surface area (Å²) >= 11 is 6.40. The molecule has 37 heavy (non-hydrogen) atoms. The van der Waals surface area contributed by atoms with Gasteiger partial charge < -0.3 is 14.6 Å². The van der Waals surface area contributed by atoms with Crippen molar-refractivity contribution in [3.8, 4) is 0 Å². The minimum absolute atomic E-state index is 0.00889. The number of nitrogens with zero attached hydrogens (tertiary/aromatic N) is 3. The van der Waals surface area contributed by atoms with Gasteiger partial charge in [-0.15, -0.1) is 0 Å². The first-order valence-corrected chi connectivity index (χ1v) is 12.2. The van der Waals surface area contributed by atoms with Gasteiger partial charge in [-0.25, -0.2) is 8.78 Å². The second kappa shape index (κ2) is 12.0. The van der Waals surface area contributed by atoms with E-state index in [1.54, 1.807) is 6.92 Å². The third kappa shape index (κ3) is 6.30. The molecule has 4 rings (SSSR count). The van der Waals surface area contributed by atoms with Gasteiger partial charge in [0.2, 0.25) is 0 Å². The third-order valence-electron chi connectivity index (χ3n) is 6.33. The number of benzene rings is 1. The number of pyridine rings is 1. The van der Waals surface area contributed by atoms with Crippen LogP contribution >= 0.6 is 11.6 Å². The molecule has 1 saturated heterocycles. The number of halogens is 3. The Labute approximate surface area is 217 Å². The van der Waals surface area contributed by atoms with Crippen molar-refractivity contribution >= 4 is 29.3 Å². The molecule has 0 aliphatic carbocycles. The molecule has 0 spiro atoms. The number of carbonyl (C=O) groups is 2. The van der Waals surface area contributed by atoms with Crippen molar-refractivity contribution in [2.75, 3.05) is 32.9 Å². The average Bonchev–Trinajstić information content (AvgIpc) is 2.85. The van der Waals surface area contributed by atoms with Crippen molar-refractivity contribution in [2.45, 2.75) is 31.6 Å². The number of aromatic nitrogens is 1. The Morgan fingerprint density at radius 2 is 2.14 bits per heavy atom. The zero-order chi connectivity index (χ0) is 26.5. The van der Waals surface area contributed by atoms with Gasteiger partial charge in [0.15, 0.2) is 0 Å². The first-order valence-electron chi connectivity index (χ1n) is 11.9. The van der Waals surface area contributed by atoms with Gasteiger partial charge in [0.05, 0.1) is 32.3 Å². The van der Waals surface area contributed by atoms with E-state index in [-0.39, 0.29) is 36.9 Å². The van der Waals surface area contributed by atoms with Crippen LogP contribution in [0.15, 0.2) is 41.5 Å². The molecule has 4 atom stereocenters. The lowest BCUT2D eigenvalue weighted by Gasteiger charge is -2.40. The van der Waals surface area contributed by atoms with E-state index < -0.39 is 47.7 Å². The maximum Gasteiger partial charge on any atom is 0.316 e. The van der Waals surface area contributed by atoms with Crippen molar-refractivity contribution in [3.05, 3.63) is 64.4 Å². The molecule has 2 aromatic rings. The Bertz CT molecular complexity index is 1180. The fourth-order valence-corrected chi connectivity index (χ4v) is 4.93. The molecular weight excluding hydrogens is 510 g/mol. The van der Waals surface area contributed by atoms with Crippen molar-refractivity contribution in [2.24, 2.45) is 10.9 Å². The van der Waals surface area contributed by atoms with Crippen LogP contribution in [0.4, 0.5) is 8.78 Å². The van der Waals surface area contributed by atoms with Crippen LogP contribution < -0.4 is 5.32 Å². The van der Waals surface area contributed by atoms with Crippen LogP contribution in [0, 0.1) is 17.6 Å². The molecule has 0 bridgehead atoms. The Morgan fingerprint density at radius 3 is 2.84 bits per heavy atom. The molecule has 0 amide bonds. The lowest BCUT2D eigenvalue weighted by molar-refractivity contribution is -0.147. The maximum absolute atomic E-state index is 14.8. The predicted molar refractivity (Wildman–Crippen MR) is 130 cm³/mol. The Morgan fingerprint density at radius 1 is 1.32 bits per heavy atom. The van der Waals surface area contributed by atoms with Crippen LogP contribution in [0.25, 0.3) is 0 Å². The summed E-state index contributed by atoms with van der Waals surface area (Å²) in [4.78, 5) is 35.4. The maximum atomic E-state index is 14.8. The summed E-state index contributed by atoms with van der Waals surface area (Å²) in [6, 6.07) is 5.20. The third-order valence-corrected chi connectivity index (χ3v) is 6.66. The largest absolute Gasteiger partial charge is 0.481 e. The number of ether oxygens (including phenoxy) is 2. The van der Waals surface area contributed by atoms with Crippen LogP contribution in [-0.2, 0) is 19.1 Å². The molecule has 0 radical (unpaired) electrons. The minimum Gasteiger partial charge on any atom is -0.481 e. The number of carbonyl (C=O) groups excluding carboxylic acids is 1. The molecule has 9 nitrogen and oxygen atoms in total. The smallest absolute Gasteiger partial charge is 0.316 e. The van der Waals surface area contributed by atoms with Crippen molar-refractivity contribution in [3.63, 3.8) is 0 Å². The molecule has 198 valence electrons. The van der Waals surface area contributed by atoms with E-state index in [1.165, 1.54) is 30.5 Å². The number of carboxylic acids is 1. The van der Waals surface area contributed by atoms with E-state index in [0.717, 1.165) is 6.07 Å². The number of hydrogen-bond donors (Lipinski definition) is 2. The summed E-state index contributed by atoms with van der Waals surface area (Å²) in [7, 11) is 0.